The molecule has 23 heavy (non-hydrogen) atoms. The highest BCUT2D eigenvalue weighted by Gasteiger charge is 2.04. The molecule has 2 N–H and O–H groups in total. The van der Waals surface area contributed by atoms with Gasteiger partial charge in [0.1, 0.15) is 17.9 Å². The van der Waals surface area contributed by atoms with E-state index in [-0.39, 0.29) is 0 Å². The fraction of sp³-hybridized carbons (Fsp3) is 0. The van der Waals surface area contributed by atoms with Crippen LogP contribution in [0.2, 0.25) is 0 Å². The van der Waals surface area contributed by atoms with Crippen molar-refractivity contribution < 1.29 is 4.74 Å². The van der Waals surface area contributed by atoms with E-state index >= 15 is 0 Å². The second-order valence-electron chi connectivity index (χ2n) is 5.06. The predicted octanol–water partition coefficient (Wildman–Crippen LogP) is 4.49. The number of H-pyrrole nitrogens is 1. The molecule has 0 aliphatic heterocycles. The number of para-hydroxylation sites is 1. The number of anilines is 2. The predicted molar refractivity (Wildman–Crippen MR) is 90.1 cm³/mol. The Labute approximate surface area is 133 Å². The van der Waals surface area contributed by atoms with Crippen LogP contribution in [0.5, 0.6) is 11.6 Å². The van der Waals surface area contributed by atoms with E-state index in [1.165, 1.54) is 6.33 Å². The maximum Gasteiger partial charge on any atom is 0.224 e. The molecular weight excluding hydrogens is 288 g/mol. The molecule has 4 rings (SSSR count). The molecule has 0 fully saturated rings. The van der Waals surface area contributed by atoms with Crippen molar-refractivity contribution in [2.45, 2.75) is 0 Å². The molecule has 0 radical (unpaired) electrons. The van der Waals surface area contributed by atoms with Crippen molar-refractivity contribution in [2.24, 2.45) is 0 Å². The summed E-state index contributed by atoms with van der Waals surface area (Å²) in [4.78, 5) is 11.5. The SMILES string of the molecule is c1ccc(Nc2cc(Oc3ccc4[nH]ccc4c3)ncn2)cc1. The van der Waals surface area contributed by atoms with Gasteiger partial charge in [-0.15, -0.1) is 0 Å². The minimum Gasteiger partial charge on any atom is -0.439 e. The Balaban J connectivity index is 1.56. The highest BCUT2D eigenvalue weighted by atomic mass is 16.5. The number of nitrogens with one attached hydrogen (secondary N) is 2. The van der Waals surface area contributed by atoms with Crippen molar-refractivity contribution in [3.05, 3.63) is 73.2 Å². The number of fused-ring (bicyclic) bond motifs is 1. The number of ether oxygens (including phenoxy) is 1. The molecule has 0 saturated carbocycles. The average molecular weight is 302 g/mol. The van der Waals surface area contributed by atoms with Gasteiger partial charge >= 0.3 is 0 Å². The zero-order valence-electron chi connectivity index (χ0n) is 12.2. The first-order valence-electron chi connectivity index (χ1n) is 7.26. The third-order valence-corrected chi connectivity index (χ3v) is 3.44. The van der Waals surface area contributed by atoms with Crippen molar-refractivity contribution in [3.8, 4) is 11.6 Å². The van der Waals surface area contributed by atoms with E-state index in [0.717, 1.165) is 22.3 Å². The molecule has 0 spiro atoms. The molecule has 112 valence electrons. The van der Waals surface area contributed by atoms with E-state index in [1.807, 2.05) is 60.8 Å². The van der Waals surface area contributed by atoms with E-state index in [4.69, 9.17) is 4.74 Å². The largest absolute Gasteiger partial charge is 0.439 e. The van der Waals surface area contributed by atoms with Gasteiger partial charge in [0.25, 0.3) is 0 Å². The van der Waals surface area contributed by atoms with Crippen LogP contribution in [0.25, 0.3) is 10.9 Å². The molecule has 5 nitrogen and oxygen atoms in total. The maximum absolute atomic E-state index is 5.83. The lowest BCUT2D eigenvalue weighted by Gasteiger charge is -2.08. The van der Waals surface area contributed by atoms with Crippen LogP contribution in [0.3, 0.4) is 0 Å². The first-order chi connectivity index (χ1) is 11.4. The van der Waals surface area contributed by atoms with Crippen molar-refractivity contribution >= 4 is 22.4 Å². The molecule has 4 aromatic rings. The molecule has 0 atom stereocenters. The Morgan fingerprint density at radius 1 is 0.913 bits per heavy atom. The molecule has 0 unspecified atom stereocenters. The first-order valence-corrected chi connectivity index (χ1v) is 7.26. The fourth-order valence-electron chi connectivity index (χ4n) is 2.35. The van der Waals surface area contributed by atoms with Gasteiger partial charge in [0, 0.05) is 28.9 Å². The molecule has 0 aliphatic rings. The van der Waals surface area contributed by atoms with Crippen LogP contribution in [0.15, 0.2) is 73.2 Å². The van der Waals surface area contributed by atoms with Gasteiger partial charge in [-0.1, -0.05) is 18.2 Å². The van der Waals surface area contributed by atoms with Crippen LogP contribution >= 0.6 is 0 Å². The molecule has 0 aliphatic carbocycles. The number of benzene rings is 2. The average Bonchev–Trinajstić information content (AvgIpc) is 3.04. The van der Waals surface area contributed by atoms with Crippen LogP contribution in [-0.4, -0.2) is 15.0 Å². The molecular formula is C18H14N4O. The van der Waals surface area contributed by atoms with Crippen molar-refractivity contribution in [1.82, 2.24) is 15.0 Å². The highest BCUT2D eigenvalue weighted by molar-refractivity contribution is 5.80. The smallest absolute Gasteiger partial charge is 0.224 e. The summed E-state index contributed by atoms with van der Waals surface area (Å²) in [6, 6.07) is 19.5. The molecule has 0 bridgehead atoms. The van der Waals surface area contributed by atoms with E-state index in [9.17, 15) is 0 Å². The number of hydrogen-bond acceptors (Lipinski definition) is 4. The maximum atomic E-state index is 5.83. The standard InChI is InChI=1S/C18H14N4O/c1-2-4-14(5-3-1)22-17-11-18(21-12-20-17)23-15-6-7-16-13(10-15)8-9-19-16/h1-12,19H,(H,20,21,22). The van der Waals surface area contributed by atoms with Gasteiger partial charge in [-0.05, 0) is 36.4 Å². The second-order valence-corrected chi connectivity index (χ2v) is 5.06. The highest BCUT2D eigenvalue weighted by Crippen LogP contribution is 2.25. The zero-order chi connectivity index (χ0) is 15.5. The summed E-state index contributed by atoms with van der Waals surface area (Å²) in [6.07, 6.45) is 3.39. The lowest BCUT2D eigenvalue weighted by molar-refractivity contribution is 0.462. The van der Waals surface area contributed by atoms with Gasteiger partial charge in [-0.25, -0.2) is 9.97 Å². The first kappa shape index (κ1) is 13.3. The summed E-state index contributed by atoms with van der Waals surface area (Å²) in [5, 5.41) is 4.32. The summed E-state index contributed by atoms with van der Waals surface area (Å²) in [5.41, 5.74) is 2.04. The Hall–Kier alpha value is -3.34. The van der Waals surface area contributed by atoms with Gasteiger partial charge in [0.05, 0.1) is 0 Å². The number of rotatable bonds is 4. The summed E-state index contributed by atoms with van der Waals surface area (Å²) >= 11 is 0. The molecule has 2 heterocycles. The van der Waals surface area contributed by atoms with Gasteiger partial charge < -0.3 is 15.0 Å². The van der Waals surface area contributed by atoms with E-state index in [1.54, 1.807) is 6.07 Å². The van der Waals surface area contributed by atoms with Crippen LogP contribution in [-0.2, 0) is 0 Å². The number of aromatic nitrogens is 3. The minimum absolute atomic E-state index is 0.494. The normalized spacial score (nSPS) is 10.6. The lowest BCUT2D eigenvalue weighted by Crippen LogP contribution is -1.95. The number of nitrogens with zero attached hydrogens (tertiary/aromatic N) is 2. The Morgan fingerprint density at radius 3 is 2.74 bits per heavy atom. The van der Waals surface area contributed by atoms with Crippen LogP contribution < -0.4 is 10.1 Å². The molecule has 2 aromatic heterocycles. The Kier molecular flexibility index (Phi) is 3.37. The van der Waals surface area contributed by atoms with E-state index < -0.39 is 0 Å². The fourth-order valence-corrected chi connectivity index (χ4v) is 2.35. The van der Waals surface area contributed by atoms with Gasteiger partial charge in [-0.2, -0.15) is 0 Å². The molecule has 2 aromatic carbocycles. The van der Waals surface area contributed by atoms with Gasteiger partial charge in [0.15, 0.2) is 0 Å². The topological polar surface area (TPSA) is 62.8 Å². The van der Waals surface area contributed by atoms with Crippen LogP contribution in [0.1, 0.15) is 0 Å². The summed E-state index contributed by atoms with van der Waals surface area (Å²) in [6.45, 7) is 0. The van der Waals surface area contributed by atoms with Crippen LogP contribution in [0, 0.1) is 0 Å². The summed E-state index contributed by atoms with van der Waals surface area (Å²) in [5.74, 6) is 1.92. The quantitative estimate of drug-likeness (QED) is 0.583. The van der Waals surface area contributed by atoms with Crippen molar-refractivity contribution in [2.75, 3.05) is 5.32 Å². The third kappa shape index (κ3) is 2.98. The Bertz CT molecular complexity index is 934. The van der Waals surface area contributed by atoms with Crippen molar-refractivity contribution in [1.29, 1.82) is 0 Å². The van der Waals surface area contributed by atoms with Crippen LogP contribution in [0.4, 0.5) is 11.5 Å². The zero-order valence-corrected chi connectivity index (χ0v) is 12.2. The minimum atomic E-state index is 0.494. The van der Waals surface area contributed by atoms with Gasteiger partial charge in [0.2, 0.25) is 5.88 Å². The summed E-state index contributed by atoms with van der Waals surface area (Å²) in [7, 11) is 0. The molecule has 0 saturated heterocycles. The second kappa shape index (κ2) is 5.81. The van der Waals surface area contributed by atoms with Crippen molar-refractivity contribution in [3.63, 3.8) is 0 Å². The Morgan fingerprint density at radius 2 is 1.83 bits per heavy atom. The monoisotopic (exact) mass is 302 g/mol. The van der Waals surface area contributed by atoms with E-state index in [0.29, 0.717) is 11.7 Å². The number of aromatic amines is 1. The van der Waals surface area contributed by atoms with E-state index in [2.05, 4.69) is 20.3 Å². The third-order valence-electron chi connectivity index (χ3n) is 3.44. The summed E-state index contributed by atoms with van der Waals surface area (Å²) < 4.78 is 5.83. The number of hydrogen-bond donors (Lipinski definition) is 2. The molecule has 5 heteroatoms. The molecule has 0 amide bonds. The van der Waals surface area contributed by atoms with Gasteiger partial charge in [-0.3, -0.25) is 0 Å². The lowest BCUT2D eigenvalue weighted by atomic mass is 10.2.